The molecule has 2 rings (SSSR count). The van der Waals surface area contributed by atoms with Crippen LogP contribution in [0.4, 0.5) is 5.69 Å². The van der Waals surface area contributed by atoms with E-state index in [1.165, 1.54) is 36.1 Å². The Morgan fingerprint density at radius 1 is 0.952 bits per heavy atom. The van der Waals surface area contributed by atoms with Crippen molar-refractivity contribution in [1.29, 1.82) is 0 Å². The van der Waals surface area contributed by atoms with E-state index in [0.717, 1.165) is 11.4 Å². The van der Waals surface area contributed by atoms with E-state index in [0.29, 0.717) is 6.04 Å². The zero-order valence-electron chi connectivity index (χ0n) is 12.9. The van der Waals surface area contributed by atoms with Crippen LogP contribution in [0.5, 0.6) is 0 Å². The van der Waals surface area contributed by atoms with Crippen LogP contribution in [0.1, 0.15) is 50.3 Å². The van der Waals surface area contributed by atoms with Crippen molar-refractivity contribution >= 4 is 17.3 Å². The fourth-order valence-electron chi connectivity index (χ4n) is 2.47. The van der Waals surface area contributed by atoms with E-state index < -0.39 is 0 Å². The third kappa shape index (κ3) is 4.78. The van der Waals surface area contributed by atoms with E-state index in [1.807, 2.05) is 12.1 Å². The molecule has 1 unspecified atom stereocenters. The molecular formula is C19H24ClN. The van der Waals surface area contributed by atoms with Gasteiger partial charge in [-0.15, -0.1) is 0 Å². The number of hydrogen-bond acceptors (Lipinski definition) is 1. The maximum absolute atomic E-state index is 5.96. The Labute approximate surface area is 133 Å². The lowest BCUT2D eigenvalue weighted by molar-refractivity contribution is 0.749. The van der Waals surface area contributed by atoms with Crippen LogP contribution in [0, 0.1) is 0 Å². The van der Waals surface area contributed by atoms with Gasteiger partial charge in [0.2, 0.25) is 0 Å². The molecule has 0 saturated heterocycles. The Bertz CT molecular complexity index is 530. The van der Waals surface area contributed by atoms with Crippen molar-refractivity contribution in [2.75, 3.05) is 5.32 Å². The highest BCUT2D eigenvalue weighted by molar-refractivity contribution is 6.30. The minimum atomic E-state index is 0.323. The number of anilines is 1. The average molecular weight is 302 g/mol. The minimum absolute atomic E-state index is 0.323. The van der Waals surface area contributed by atoms with E-state index in [9.17, 15) is 0 Å². The maximum Gasteiger partial charge on any atom is 0.0511 e. The van der Waals surface area contributed by atoms with Crippen LogP contribution in [0.15, 0.2) is 48.5 Å². The van der Waals surface area contributed by atoms with E-state index >= 15 is 0 Å². The second kappa shape index (κ2) is 8.09. The Morgan fingerprint density at radius 3 is 2.19 bits per heavy atom. The molecule has 1 nitrogen and oxygen atoms in total. The largest absolute Gasteiger partial charge is 0.378 e. The molecule has 0 saturated carbocycles. The maximum atomic E-state index is 5.96. The molecule has 0 aliphatic carbocycles. The number of hydrogen-bond donors (Lipinski definition) is 1. The number of rotatable bonds is 7. The molecule has 0 aromatic heterocycles. The summed E-state index contributed by atoms with van der Waals surface area (Å²) in [6.07, 6.45) is 4.72. The molecule has 21 heavy (non-hydrogen) atoms. The number of halogens is 1. The molecule has 0 aliphatic heterocycles. The predicted molar refractivity (Wildman–Crippen MR) is 93.2 cm³/mol. The molecule has 112 valence electrons. The molecule has 0 amide bonds. The molecule has 0 bridgehead atoms. The quantitative estimate of drug-likeness (QED) is 0.637. The van der Waals surface area contributed by atoms with Crippen molar-refractivity contribution < 1.29 is 0 Å². The first-order valence-corrected chi connectivity index (χ1v) is 8.21. The first-order valence-electron chi connectivity index (χ1n) is 7.84. The van der Waals surface area contributed by atoms with Gasteiger partial charge in [0, 0.05) is 10.7 Å². The van der Waals surface area contributed by atoms with Gasteiger partial charge < -0.3 is 5.32 Å². The first-order chi connectivity index (χ1) is 10.2. The molecule has 0 aliphatic rings. The van der Waals surface area contributed by atoms with Crippen LogP contribution in [0.2, 0.25) is 5.02 Å². The van der Waals surface area contributed by atoms with Gasteiger partial charge in [-0.1, -0.05) is 56.1 Å². The number of unbranched alkanes of at least 4 members (excludes halogenated alkanes) is 1. The molecule has 0 radical (unpaired) electrons. The van der Waals surface area contributed by atoms with Crippen LogP contribution in [0.3, 0.4) is 0 Å². The van der Waals surface area contributed by atoms with E-state index in [1.54, 1.807) is 0 Å². The van der Waals surface area contributed by atoms with E-state index in [2.05, 4.69) is 55.6 Å². The second-order valence-electron chi connectivity index (χ2n) is 5.46. The van der Waals surface area contributed by atoms with Crippen LogP contribution in [-0.4, -0.2) is 0 Å². The summed E-state index contributed by atoms with van der Waals surface area (Å²) in [6, 6.07) is 17.2. The molecule has 0 heterocycles. The Kier molecular flexibility index (Phi) is 6.13. The fraction of sp³-hybridized carbons (Fsp3) is 0.368. The van der Waals surface area contributed by atoms with Gasteiger partial charge in [-0.3, -0.25) is 0 Å². The summed E-state index contributed by atoms with van der Waals surface area (Å²) in [4.78, 5) is 0. The van der Waals surface area contributed by atoms with Crippen LogP contribution in [0.25, 0.3) is 0 Å². The number of aryl methyl sites for hydroxylation is 1. The molecule has 0 fully saturated rings. The van der Waals surface area contributed by atoms with E-state index in [4.69, 9.17) is 11.6 Å². The highest BCUT2D eigenvalue weighted by Crippen LogP contribution is 2.24. The fourth-order valence-corrected chi connectivity index (χ4v) is 2.59. The van der Waals surface area contributed by atoms with Crippen molar-refractivity contribution in [2.24, 2.45) is 0 Å². The number of benzene rings is 2. The topological polar surface area (TPSA) is 12.0 Å². The highest BCUT2D eigenvalue weighted by atomic mass is 35.5. The molecule has 2 heteroatoms. The minimum Gasteiger partial charge on any atom is -0.378 e. The van der Waals surface area contributed by atoms with Gasteiger partial charge in [0.25, 0.3) is 0 Å². The van der Waals surface area contributed by atoms with Gasteiger partial charge in [0.1, 0.15) is 0 Å². The molecular weight excluding hydrogens is 278 g/mol. The summed E-state index contributed by atoms with van der Waals surface area (Å²) in [5.41, 5.74) is 3.87. The van der Waals surface area contributed by atoms with Gasteiger partial charge in [-0.25, -0.2) is 0 Å². The zero-order chi connectivity index (χ0) is 15.1. The summed E-state index contributed by atoms with van der Waals surface area (Å²) in [7, 11) is 0. The monoisotopic (exact) mass is 301 g/mol. The van der Waals surface area contributed by atoms with Crippen molar-refractivity contribution in [3.8, 4) is 0 Å². The first kappa shape index (κ1) is 15.9. The Morgan fingerprint density at radius 2 is 1.62 bits per heavy atom. The summed E-state index contributed by atoms with van der Waals surface area (Å²) in [6.45, 7) is 4.43. The summed E-state index contributed by atoms with van der Waals surface area (Å²) >= 11 is 5.96. The standard InChI is InChI=1S/C19H24ClN/c1-3-5-6-15-7-13-18(14-8-15)21-19(4-2)16-9-11-17(20)12-10-16/h7-14,19,21H,3-6H2,1-2H3. The molecule has 1 atom stereocenters. The molecule has 0 spiro atoms. The Balaban J connectivity index is 2.02. The van der Waals surface area contributed by atoms with E-state index in [-0.39, 0.29) is 0 Å². The second-order valence-corrected chi connectivity index (χ2v) is 5.89. The summed E-state index contributed by atoms with van der Waals surface area (Å²) in [5, 5.41) is 4.39. The van der Waals surface area contributed by atoms with Crippen LogP contribution in [-0.2, 0) is 6.42 Å². The third-order valence-electron chi connectivity index (χ3n) is 3.79. The van der Waals surface area contributed by atoms with Crippen molar-refractivity contribution in [1.82, 2.24) is 0 Å². The predicted octanol–water partition coefficient (Wildman–Crippen LogP) is 6.25. The van der Waals surface area contributed by atoms with Gasteiger partial charge in [-0.2, -0.15) is 0 Å². The van der Waals surface area contributed by atoms with Gasteiger partial charge >= 0.3 is 0 Å². The molecule has 1 N–H and O–H groups in total. The average Bonchev–Trinajstić information content (AvgIpc) is 2.53. The summed E-state index contributed by atoms with van der Waals surface area (Å²) < 4.78 is 0. The van der Waals surface area contributed by atoms with Gasteiger partial charge in [0.05, 0.1) is 6.04 Å². The molecule has 2 aromatic carbocycles. The number of nitrogens with one attached hydrogen (secondary N) is 1. The lowest BCUT2D eigenvalue weighted by Crippen LogP contribution is -2.09. The lowest BCUT2D eigenvalue weighted by Gasteiger charge is -2.19. The van der Waals surface area contributed by atoms with Crippen molar-refractivity contribution in [3.63, 3.8) is 0 Å². The highest BCUT2D eigenvalue weighted by Gasteiger charge is 2.08. The van der Waals surface area contributed by atoms with Crippen LogP contribution < -0.4 is 5.32 Å². The van der Waals surface area contributed by atoms with Gasteiger partial charge in [-0.05, 0) is 54.7 Å². The molecule has 2 aromatic rings. The third-order valence-corrected chi connectivity index (χ3v) is 4.05. The van der Waals surface area contributed by atoms with Crippen molar-refractivity contribution in [2.45, 2.75) is 45.6 Å². The van der Waals surface area contributed by atoms with Crippen LogP contribution >= 0.6 is 11.6 Å². The Hall–Kier alpha value is -1.47. The van der Waals surface area contributed by atoms with Gasteiger partial charge in [0.15, 0.2) is 0 Å². The smallest absolute Gasteiger partial charge is 0.0511 e. The SMILES string of the molecule is CCCCc1ccc(NC(CC)c2ccc(Cl)cc2)cc1. The normalized spacial score (nSPS) is 12.1. The van der Waals surface area contributed by atoms with Crippen molar-refractivity contribution in [3.05, 3.63) is 64.7 Å². The summed E-state index contributed by atoms with van der Waals surface area (Å²) in [5.74, 6) is 0. The zero-order valence-corrected chi connectivity index (χ0v) is 13.7. The lowest BCUT2D eigenvalue weighted by atomic mass is 10.0.